The van der Waals surface area contributed by atoms with Crippen LogP contribution in [0.15, 0.2) is 133 Å². The summed E-state index contributed by atoms with van der Waals surface area (Å²) in [6.07, 6.45) is 0.172. The van der Waals surface area contributed by atoms with Crippen molar-refractivity contribution >= 4 is 77.9 Å². The van der Waals surface area contributed by atoms with Gasteiger partial charge in [-0.2, -0.15) is 0 Å². The van der Waals surface area contributed by atoms with Crippen LogP contribution < -0.4 is 5.32 Å². The lowest BCUT2D eigenvalue weighted by atomic mass is 10.0. The van der Waals surface area contributed by atoms with Crippen molar-refractivity contribution in [2.24, 2.45) is 0 Å². The van der Waals surface area contributed by atoms with Crippen LogP contribution >= 0.6 is 45.9 Å². The summed E-state index contributed by atoms with van der Waals surface area (Å²) in [6, 6.07) is 39.5. The summed E-state index contributed by atoms with van der Waals surface area (Å²) >= 11 is 15.2. The van der Waals surface area contributed by atoms with Gasteiger partial charge in [-0.1, -0.05) is 83.9 Å². The van der Waals surface area contributed by atoms with E-state index in [0.717, 1.165) is 63.3 Å². The third-order valence-electron chi connectivity index (χ3n) is 9.36. The van der Waals surface area contributed by atoms with E-state index in [9.17, 15) is 28.6 Å². The molecule has 0 fully saturated rings. The second-order valence-electron chi connectivity index (χ2n) is 13.8. The molecule has 1 atom stereocenters. The predicted molar refractivity (Wildman–Crippen MR) is 235 cm³/mol. The first-order valence-corrected chi connectivity index (χ1v) is 20.8. The molecule has 0 bridgehead atoms. The van der Waals surface area contributed by atoms with Crippen LogP contribution in [0, 0.1) is 11.6 Å². The van der Waals surface area contributed by atoms with Gasteiger partial charge in [-0.15, -0.1) is 22.7 Å². The molecule has 0 aliphatic heterocycles. The molecule has 4 N–H and O–H groups in total. The van der Waals surface area contributed by atoms with Gasteiger partial charge in [0.2, 0.25) is 0 Å². The fourth-order valence-electron chi connectivity index (χ4n) is 6.71. The van der Waals surface area contributed by atoms with Gasteiger partial charge in [-0.25, -0.2) is 13.6 Å². The van der Waals surface area contributed by atoms with Crippen molar-refractivity contribution in [1.82, 2.24) is 5.32 Å². The molecule has 298 valence electrons. The summed E-state index contributed by atoms with van der Waals surface area (Å²) in [6.45, 7) is -0.432. The topological polar surface area (TPSA) is 107 Å². The van der Waals surface area contributed by atoms with Crippen molar-refractivity contribution in [3.8, 4) is 22.3 Å². The van der Waals surface area contributed by atoms with Crippen LogP contribution in [-0.2, 0) is 12.8 Å². The van der Waals surface area contributed by atoms with Crippen molar-refractivity contribution in [3.63, 3.8) is 0 Å². The number of nitrogens with one attached hydrogen (secondary N) is 1. The molecule has 1 unspecified atom stereocenters. The highest BCUT2D eigenvalue weighted by atomic mass is 35.5. The Morgan fingerprint density at radius 1 is 0.627 bits per heavy atom. The number of thiophene rings is 2. The third-order valence-corrected chi connectivity index (χ3v) is 12.2. The number of carboxylic acid groups (broad SMARTS) is 1. The number of carboxylic acids is 1. The minimum Gasteiger partial charge on any atom is -0.478 e. The summed E-state index contributed by atoms with van der Waals surface area (Å²) in [4.78, 5) is 25.9. The molecule has 59 heavy (non-hydrogen) atoms. The average molecular weight is 867 g/mol. The zero-order valence-corrected chi connectivity index (χ0v) is 34.2. The van der Waals surface area contributed by atoms with Crippen molar-refractivity contribution in [2.45, 2.75) is 18.9 Å². The molecule has 0 saturated carbocycles. The molecule has 12 heteroatoms. The van der Waals surface area contributed by atoms with Crippen LogP contribution in [0.4, 0.5) is 8.78 Å². The summed E-state index contributed by atoms with van der Waals surface area (Å²) in [5, 5.41) is 33.1. The van der Waals surface area contributed by atoms with E-state index < -0.39 is 18.7 Å². The number of hydrogen-bond donors (Lipinski definition) is 4. The van der Waals surface area contributed by atoms with E-state index in [1.54, 1.807) is 65.1 Å². The van der Waals surface area contributed by atoms with Gasteiger partial charge < -0.3 is 20.6 Å². The standard InChI is InChI=1S/C25H21ClFNO3S.C22H14ClFO2S/c26-19-7-15(8-20(27)12-19)9-22-11-17-4-2-6-23(24(17)32-22)16-3-1-5-18(10-16)25(31)28-13-21(30)14-29;23-17-7-13(8-18(24)12-17)9-19-11-15-4-2-6-20(21(15)27-19)14-3-1-5-16(10-14)22(25)26/h1-8,10-12,21,29-30H,9,13-14H2,(H,28,31);1-8,10-12H,9H2,(H,25,26). The molecule has 0 aliphatic carbocycles. The molecular formula is C47H35Cl2F2NO5S2. The van der Waals surface area contributed by atoms with Crippen LogP contribution in [-0.4, -0.2) is 46.5 Å². The molecule has 6 nitrogen and oxygen atoms in total. The molecule has 0 saturated heterocycles. The maximum Gasteiger partial charge on any atom is 0.335 e. The number of carbonyl (C=O) groups is 2. The molecule has 8 aromatic rings. The highest BCUT2D eigenvalue weighted by molar-refractivity contribution is 7.20. The van der Waals surface area contributed by atoms with E-state index in [1.807, 2.05) is 54.6 Å². The first kappa shape index (κ1) is 41.7. The van der Waals surface area contributed by atoms with E-state index in [1.165, 1.54) is 24.3 Å². The van der Waals surface area contributed by atoms with Crippen molar-refractivity contribution in [2.75, 3.05) is 13.2 Å². The highest BCUT2D eigenvalue weighted by Gasteiger charge is 2.14. The maximum atomic E-state index is 13.7. The minimum absolute atomic E-state index is 0.0203. The van der Waals surface area contributed by atoms with E-state index in [-0.39, 0.29) is 29.6 Å². The monoisotopic (exact) mass is 865 g/mol. The lowest BCUT2D eigenvalue weighted by molar-refractivity contribution is 0.0696. The second kappa shape index (κ2) is 18.6. The van der Waals surface area contributed by atoms with Gasteiger partial charge in [-0.3, -0.25) is 4.79 Å². The largest absolute Gasteiger partial charge is 0.478 e. The highest BCUT2D eigenvalue weighted by Crippen LogP contribution is 2.38. The lowest BCUT2D eigenvalue weighted by Gasteiger charge is -2.10. The van der Waals surface area contributed by atoms with Gasteiger partial charge >= 0.3 is 5.97 Å². The quantitative estimate of drug-likeness (QED) is 0.104. The Balaban J connectivity index is 0.000000181. The number of aliphatic hydroxyl groups is 2. The molecule has 2 heterocycles. The number of carbonyl (C=O) groups excluding carboxylic acids is 1. The molecular weight excluding hydrogens is 832 g/mol. The number of halogens is 4. The van der Waals surface area contributed by atoms with Crippen molar-refractivity contribution in [1.29, 1.82) is 0 Å². The lowest BCUT2D eigenvalue weighted by Crippen LogP contribution is -2.33. The Hall–Kier alpha value is -5.46. The van der Waals surface area contributed by atoms with Crippen molar-refractivity contribution < 1.29 is 33.7 Å². The number of amides is 1. The van der Waals surface area contributed by atoms with E-state index in [0.29, 0.717) is 28.5 Å². The number of fused-ring (bicyclic) bond motifs is 2. The van der Waals surface area contributed by atoms with E-state index >= 15 is 0 Å². The summed E-state index contributed by atoms with van der Waals surface area (Å²) in [5.74, 6) is -1.96. The molecule has 1 amide bonds. The zero-order chi connectivity index (χ0) is 41.6. The van der Waals surface area contributed by atoms with Crippen LogP contribution in [0.5, 0.6) is 0 Å². The minimum atomic E-state index is -0.992. The average Bonchev–Trinajstić information content (AvgIpc) is 3.82. The van der Waals surface area contributed by atoms with Crippen LogP contribution in [0.25, 0.3) is 42.4 Å². The Morgan fingerprint density at radius 2 is 1.10 bits per heavy atom. The number of rotatable bonds is 11. The van der Waals surface area contributed by atoms with E-state index in [2.05, 4.69) is 17.4 Å². The van der Waals surface area contributed by atoms with E-state index in [4.69, 9.17) is 28.3 Å². The third kappa shape index (κ3) is 10.4. The van der Waals surface area contributed by atoms with Crippen molar-refractivity contribution in [3.05, 3.63) is 187 Å². The Bertz CT molecular complexity index is 2780. The normalized spacial score (nSPS) is 11.6. The summed E-state index contributed by atoms with van der Waals surface area (Å²) in [7, 11) is 0. The summed E-state index contributed by atoms with van der Waals surface area (Å²) < 4.78 is 29.5. The van der Waals surface area contributed by atoms with Gasteiger partial charge in [0.15, 0.2) is 0 Å². The number of hydrogen-bond acceptors (Lipinski definition) is 6. The number of aliphatic hydroxyl groups excluding tert-OH is 2. The SMILES string of the molecule is O=C(NCC(O)CO)c1cccc(-c2cccc3cc(Cc4cc(F)cc(Cl)c4)sc23)c1.O=C(O)c1cccc(-c2cccc3cc(Cc4cc(F)cc(Cl)c4)sc23)c1. The van der Waals surface area contributed by atoms with Gasteiger partial charge in [0.25, 0.3) is 5.91 Å². The number of benzene rings is 6. The molecule has 2 aromatic heterocycles. The maximum absolute atomic E-state index is 13.7. The van der Waals surface area contributed by atoms with Gasteiger partial charge in [0, 0.05) is 54.1 Å². The first-order valence-electron chi connectivity index (χ1n) is 18.4. The van der Waals surface area contributed by atoms with Gasteiger partial charge in [-0.05, 0) is 117 Å². The van der Waals surface area contributed by atoms with Gasteiger partial charge in [0.1, 0.15) is 11.6 Å². The molecule has 0 aliphatic rings. The molecule has 0 radical (unpaired) electrons. The zero-order valence-electron chi connectivity index (χ0n) is 31.1. The Morgan fingerprint density at radius 3 is 1.58 bits per heavy atom. The Labute approximate surface area is 356 Å². The van der Waals surface area contributed by atoms with Crippen LogP contribution in [0.3, 0.4) is 0 Å². The fourth-order valence-corrected chi connectivity index (χ4v) is 9.66. The number of aromatic carboxylic acids is 1. The second-order valence-corrected chi connectivity index (χ2v) is 16.9. The summed E-state index contributed by atoms with van der Waals surface area (Å²) in [5.41, 5.74) is 6.11. The fraction of sp³-hybridized carbons (Fsp3) is 0.106. The van der Waals surface area contributed by atoms with Crippen LogP contribution in [0.2, 0.25) is 10.0 Å². The Kier molecular flexibility index (Phi) is 13.2. The first-order chi connectivity index (χ1) is 28.4. The predicted octanol–water partition coefficient (Wildman–Crippen LogP) is 11.7. The van der Waals surface area contributed by atoms with Gasteiger partial charge in [0.05, 0.1) is 18.3 Å². The smallest absolute Gasteiger partial charge is 0.335 e. The van der Waals surface area contributed by atoms with Crippen LogP contribution in [0.1, 0.15) is 41.6 Å². The molecule has 0 spiro atoms. The molecule has 6 aromatic carbocycles. The molecule has 8 rings (SSSR count).